The topological polar surface area (TPSA) is 177 Å². The minimum atomic E-state index is -0.620. The number of carbonyl (C=O) groups is 1. The highest BCUT2D eigenvalue weighted by molar-refractivity contribution is 9.10. The Labute approximate surface area is 175 Å². The van der Waals surface area contributed by atoms with Gasteiger partial charge in [0.1, 0.15) is 22.5 Å². The van der Waals surface area contributed by atoms with Gasteiger partial charge in [-0.25, -0.2) is 5.43 Å². The largest absolute Gasteiger partial charge is 0.458 e. The molecular formula is C15H13BrN8O6. The monoisotopic (exact) mass is 480 g/mol. The van der Waals surface area contributed by atoms with Gasteiger partial charge in [-0.15, -0.1) is 0 Å². The van der Waals surface area contributed by atoms with E-state index in [1.165, 1.54) is 34.0 Å². The number of nitrogens with one attached hydrogen (secondary N) is 1. The SMILES string of the molecule is O=C(CCn1ccc([N+](=O)[O-])n1)N/N=C\c1ccc(Cn2cc(Br)c([N+](=O)[O-])n2)o1. The maximum Gasteiger partial charge on any atom is 0.404 e. The summed E-state index contributed by atoms with van der Waals surface area (Å²) >= 11 is 3.07. The molecule has 0 aliphatic heterocycles. The summed E-state index contributed by atoms with van der Waals surface area (Å²) in [5, 5.41) is 32.7. The predicted molar refractivity (Wildman–Crippen MR) is 104 cm³/mol. The first-order valence-electron chi connectivity index (χ1n) is 8.27. The Morgan fingerprint density at radius 1 is 1.23 bits per heavy atom. The number of furan rings is 1. The molecule has 0 saturated heterocycles. The molecule has 0 aliphatic rings. The number of aromatic nitrogens is 4. The van der Waals surface area contributed by atoms with Crippen LogP contribution in [-0.4, -0.2) is 41.5 Å². The van der Waals surface area contributed by atoms with E-state index in [0.717, 1.165) is 0 Å². The van der Waals surface area contributed by atoms with Crippen molar-refractivity contribution in [3.63, 3.8) is 0 Å². The van der Waals surface area contributed by atoms with Crippen LogP contribution >= 0.6 is 15.9 Å². The van der Waals surface area contributed by atoms with Crippen molar-refractivity contribution in [1.29, 1.82) is 0 Å². The molecule has 0 aromatic carbocycles. The number of rotatable bonds is 9. The second-order valence-corrected chi connectivity index (χ2v) is 6.65. The Balaban J connectivity index is 1.47. The van der Waals surface area contributed by atoms with E-state index in [1.807, 2.05) is 0 Å². The van der Waals surface area contributed by atoms with Gasteiger partial charge in [-0.3, -0.25) is 4.79 Å². The summed E-state index contributed by atoms with van der Waals surface area (Å²) in [6.07, 6.45) is 4.18. The Hall–Kier alpha value is -3.88. The van der Waals surface area contributed by atoms with Crippen LogP contribution in [0.15, 0.2) is 44.6 Å². The molecule has 30 heavy (non-hydrogen) atoms. The lowest BCUT2D eigenvalue weighted by Gasteiger charge is -1.97. The van der Waals surface area contributed by atoms with Gasteiger partial charge in [0.15, 0.2) is 0 Å². The molecule has 1 amide bonds. The lowest BCUT2D eigenvalue weighted by atomic mass is 10.4. The third-order valence-corrected chi connectivity index (χ3v) is 4.19. The Bertz CT molecular complexity index is 1120. The standard InChI is InChI=1S/C15H13BrN8O6/c16-12-9-22(20-15(12)24(28)29)8-11-2-1-10(30-11)7-17-18-14(25)4-6-21-5-3-13(19-21)23(26)27/h1-3,5,7,9H,4,6,8H2,(H,18,25)/b17-7-. The summed E-state index contributed by atoms with van der Waals surface area (Å²) < 4.78 is 8.41. The van der Waals surface area contributed by atoms with Crippen molar-refractivity contribution >= 4 is 39.7 Å². The van der Waals surface area contributed by atoms with Crippen LogP contribution in [0, 0.1) is 20.2 Å². The number of halogens is 1. The lowest BCUT2D eigenvalue weighted by molar-refractivity contribution is -0.390. The number of hydrogen-bond acceptors (Lipinski definition) is 9. The number of carbonyl (C=O) groups excluding carboxylic acids is 1. The minimum Gasteiger partial charge on any atom is -0.458 e. The summed E-state index contributed by atoms with van der Waals surface area (Å²) in [5.41, 5.74) is 2.31. The third-order valence-electron chi connectivity index (χ3n) is 3.64. The Morgan fingerprint density at radius 2 is 2.03 bits per heavy atom. The number of nitrogens with zero attached hydrogens (tertiary/aromatic N) is 7. The second kappa shape index (κ2) is 9.08. The van der Waals surface area contributed by atoms with Crippen LogP contribution in [-0.2, 0) is 17.9 Å². The molecular weight excluding hydrogens is 468 g/mol. The molecule has 15 heteroatoms. The molecule has 0 bridgehead atoms. The number of amides is 1. The van der Waals surface area contributed by atoms with Gasteiger partial charge in [0.05, 0.1) is 41.4 Å². The van der Waals surface area contributed by atoms with E-state index in [1.54, 1.807) is 12.1 Å². The van der Waals surface area contributed by atoms with E-state index in [-0.39, 0.29) is 35.6 Å². The molecule has 0 atom stereocenters. The zero-order valence-electron chi connectivity index (χ0n) is 15.0. The molecule has 14 nitrogen and oxygen atoms in total. The van der Waals surface area contributed by atoms with Gasteiger partial charge >= 0.3 is 11.6 Å². The molecule has 3 heterocycles. The zero-order valence-corrected chi connectivity index (χ0v) is 16.6. The highest BCUT2D eigenvalue weighted by Gasteiger charge is 2.19. The fourth-order valence-corrected chi connectivity index (χ4v) is 2.77. The van der Waals surface area contributed by atoms with Crippen LogP contribution in [0.2, 0.25) is 0 Å². The molecule has 0 fully saturated rings. The van der Waals surface area contributed by atoms with Gasteiger partial charge in [-0.05, 0) is 37.9 Å². The smallest absolute Gasteiger partial charge is 0.404 e. The highest BCUT2D eigenvalue weighted by Crippen LogP contribution is 2.22. The molecule has 0 aliphatic carbocycles. The van der Waals surface area contributed by atoms with Gasteiger partial charge in [0, 0.05) is 6.42 Å². The van der Waals surface area contributed by atoms with E-state index in [0.29, 0.717) is 11.5 Å². The van der Waals surface area contributed by atoms with Crippen molar-refractivity contribution < 1.29 is 19.1 Å². The number of hydrogen-bond donors (Lipinski definition) is 1. The van der Waals surface area contributed by atoms with E-state index in [4.69, 9.17) is 4.42 Å². The number of hydrazone groups is 1. The van der Waals surface area contributed by atoms with Crippen LogP contribution in [0.3, 0.4) is 0 Å². The van der Waals surface area contributed by atoms with Crippen LogP contribution in [0.1, 0.15) is 17.9 Å². The lowest BCUT2D eigenvalue weighted by Crippen LogP contribution is -2.19. The van der Waals surface area contributed by atoms with Crippen molar-refractivity contribution in [3.05, 3.63) is 66.8 Å². The Morgan fingerprint density at radius 3 is 2.70 bits per heavy atom. The van der Waals surface area contributed by atoms with E-state index < -0.39 is 15.8 Å². The fraction of sp³-hybridized carbons (Fsp3) is 0.200. The second-order valence-electron chi connectivity index (χ2n) is 5.80. The molecule has 3 rings (SSSR count). The van der Waals surface area contributed by atoms with Gasteiger partial charge in [0.2, 0.25) is 5.91 Å². The van der Waals surface area contributed by atoms with Crippen LogP contribution in [0.5, 0.6) is 0 Å². The first-order valence-corrected chi connectivity index (χ1v) is 9.07. The molecule has 0 spiro atoms. The normalized spacial score (nSPS) is 11.1. The van der Waals surface area contributed by atoms with Crippen molar-refractivity contribution in [3.8, 4) is 0 Å². The Kier molecular flexibility index (Phi) is 6.31. The van der Waals surface area contributed by atoms with Crippen LogP contribution in [0.4, 0.5) is 11.6 Å². The molecule has 3 aromatic rings. The van der Waals surface area contributed by atoms with E-state index in [9.17, 15) is 25.0 Å². The fourth-order valence-electron chi connectivity index (χ4n) is 2.31. The maximum absolute atomic E-state index is 11.8. The van der Waals surface area contributed by atoms with Crippen LogP contribution in [0.25, 0.3) is 0 Å². The molecule has 1 N–H and O–H groups in total. The minimum absolute atomic E-state index is 0.0204. The van der Waals surface area contributed by atoms with Crippen molar-refractivity contribution in [2.75, 3.05) is 0 Å². The zero-order chi connectivity index (χ0) is 21.7. The van der Waals surface area contributed by atoms with Crippen molar-refractivity contribution in [1.82, 2.24) is 25.0 Å². The summed E-state index contributed by atoms with van der Waals surface area (Å²) in [5.74, 6) is -0.165. The first-order chi connectivity index (χ1) is 14.3. The van der Waals surface area contributed by atoms with Crippen molar-refractivity contribution in [2.45, 2.75) is 19.5 Å². The van der Waals surface area contributed by atoms with Gasteiger partial charge in [-0.1, -0.05) is 0 Å². The molecule has 3 aromatic heterocycles. The van der Waals surface area contributed by atoms with E-state index >= 15 is 0 Å². The summed E-state index contributed by atoms with van der Waals surface area (Å²) in [6, 6.07) is 4.50. The predicted octanol–water partition coefficient (Wildman–Crippen LogP) is 1.84. The quantitative estimate of drug-likeness (QED) is 0.273. The molecule has 0 unspecified atom stereocenters. The highest BCUT2D eigenvalue weighted by atomic mass is 79.9. The van der Waals surface area contributed by atoms with Gasteiger partial charge in [-0.2, -0.15) is 14.5 Å². The maximum atomic E-state index is 11.8. The number of nitro groups is 2. The van der Waals surface area contributed by atoms with Crippen molar-refractivity contribution in [2.24, 2.45) is 5.10 Å². The molecule has 0 radical (unpaired) electrons. The van der Waals surface area contributed by atoms with Gasteiger partial charge < -0.3 is 24.6 Å². The summed E-state index contributed by atoms with van der Waals surface area (Å²) in [4.78, 5) is 31.9. The van der Waals surface area contributed by atoms with Crippen LogP contribution < -0.4 is 5.43 Å². The summed E-state index contributed by atoms with van der Waals surface area (Å²) in [7, 11) is 0. The number of aryl methyl sites for hydroxylation is 1. The van der Waals surface area contributed by atoms with Gasteiger partial charge in [0.25, 0.3) is 0 Å². The molecule has 0 saturated carbocycles. The third kappa shape index (κ3) is 5.34. The van der Waals surface area contributed by atoms with E-state index in [2.05, 4.69) is 36.7 Å². The average molecular weight is 481 g/mol. The first kappa shape index (κ1) is 20.8. The average Bonchev–Trinajstić information content (AvgIpc) is 3.40. The summed E-state index contributed by atoms with van der Waals surface area (Å²) in [6.45, 7) is 0.328. The molecule has 156 valence electrons.